The number of amides is 2. The minimum Gasteiger partial charge on any atom is -0.396 e. The molecule has 64 heavy (non-hydrogen) atoms. The van der Waals surface area contributed by atoms with Gasteiger partial charge < -0.3 is 30.0 Å². The number of allylic oxidation sites excluding steroid dienone is 2. The van der Waals surface area contributed by atoms with Crippen LogP contribution in [0.25, 0.3) is 12.2 Å². The zero-order valence-electron chi connectivity index (χ0n) is 36.6. The number of carbonyl (C=O) groups excluding carboxylic acids is 2. The Hall–Kier alpha value is -4.58. The third-order valence-electron chi connectivity index (χ3n) is 14.7. The van der Waals surface area contributed by atoms with E-state index in [-0.39, 0.29) is 84.0 Å². The van der Waals surface area contributed by atoms with Crippen molar-refractivity contribution in [2.24, 2.45) is 23.7 Å². The van der Waals surface area contributed by atoms with Gasteiger partial charge in [-0.05, 0) is 63.8 Å². The maximum absolute atomic E-state index is 13.5. The van der Waals surface area contributed by atoms with E-state index >= 15 is 0 Å². The highest BCUT2D eigenvalue weighted by atomic mass is 32.1. The highest BCUT2D eigenvalue weighted by Gasteiger charge is 2.57. The van der Waals surface area contributed by atoms with Crippen molar-refractivity contribution in [3.63, 3.8) is 0 Å². The Morgan fingerprint density at radius 1 is 0.672 bits per heavy atom. The molecule has 4 aromatic heterocycles. The molecule has 2 saturated heterocycles. The summed E-state index contributed by atoms with van der Waals surface area (Å²) in [5.74, 6) is -0.444. The number of fused-ring (bicyclic) bond motifs is 6. The maximum Gasteiger partial charge on any atom is 0.258 e. The van der Waals surface area contributed by atoms with E-state index in [1.807, 2.05) is 82.3 Å². The number of likely N-dealkylation sites (tertiary alicyclic amines) is 2. The van der Waals surface area contributed by atoms with Crippen LogP contribution in [0.5, 0.6) is 0 Å². The highest BCUT2D eigenvalue weighted by Crippen LogP contribution is 2.51. The summed E-state index contributed by atoms with van der Waals surface area (Å²) in [6.07, 6.45) is 19.6. The van der Waals surface area contributed by atoms with Gasteiger partial charge in [-0.15, -0.1) is 22.7 Å². The first kappa shape index (κ1) is 44.6. The zero-order chi connectivity index (χ0) is 44.5. The molecule has 16 heteroatoms. The smallest absolute Gasteiger partial charge is 0.258 e. The molecule has 0 radical (unpaired) electrons. The summed E-state index contributed by atoms with van der Waals surface area (Å²) in [4.78, 5) is 66.5. The molecule has 340 valence electrons. The van der Waals surface area contributed by atoms with Gasteiger partial charge in [0.25, 0.3) is 11.1 Å². The number of nitrogens with zero attached hydrogens (tertiary/aromatic N) is 6. The van der Waals surface area contributed by atoms with E-state index in [1.165, 1.54) is 0 Å². The molecule has 14 nitrogen and oxygen atoms in total. The topological polar surface area (TPSA) is 175 Å². The van der Waals surface area contributed by atoms with Crippen molar-refractivity contribution in [1.29, 1.82) is 0 Å². The molecule has 2 aliphatic carbocycles. The maximum atomic E-state index is 13.5. The first-order chi connectivity index (χ1) is 31.2. The van der Waals surface area contributed by atoms with E-state index < -0.39 is 12.1 Å². The Balaban J connectivity index is 0.000000162. The van der Waals surface area contributed by atoms with Crippen molar-refractivity contribution in [1.82, 2.24) is 39.5 Å². The fourth-order valence-electron chi connectivity index (χ4n) is 11.9. The van der Waals surface area contributed by atoms with Crippen LogP contribution in [0.4, 0.5) is 0 Å². The fourth-order valence-corrected chi connectivity index (χ4v) is 13.2. The van der Waals surface area contributed by atoms with Crippen molar-refractivity contribution < 1.29 is 19.8 Å². The molecular weight excluding hydrogens is 849 g/mol. The van der Waals surface area contributed by atoms with Crippen molar-refractivity contribution in [3.8, 4) is 0 Å². The minimum atomic E-state index is -0.432. The van der Waals surface area contributed by atoms with Crippen LogP contribution in [0.2, 0.25) is 0 Å². The number of rotatable bonds is 12. The third-order valence-corrected chi connectivity index (χ3v) is 16.2. The Labute approximate surface area is 381 Å². The normalized spacial score (nSPS) is 27.8. The number of aliphatic hydroxyl groups is 2. The predicted molar refractivity (Wildman–Crippen MR) is 248 cm³/mol. The average molecular weight is 909 g/mol. The van der Waals surface area contributed by atoms with Crippen LogP contribution < -0.4 is 21.8 Å². The number of hydrogen-bond donors (Lipinski definition) is 4. The monoisotopic (exact) mass is 908 g/mol. The van der Waals surface area contributed by atoms with E-state index in [1.54, 1.807) is 35.1 Å². The lowest BCUT2D eigenvalue weighted by atomic mass is 9.88. The fraction of sp³-hybridized carbons (Fsp3) is 0.542. The van der Waals surface area contributed by atoms with E-state index in [9.17, 15) is 29.4 Å². The van der Waals surface area contributed by atoms with Crippen LogP contribution in [0.3, 0.4) is 0 Å². The Kier molecular flexibility index (Phi) is 13.6. The van der Waals surface area contributed by atoms with Crippen LogP contribution in [0, 0.1) is 23.7 Å². The average Bonchev–Trinajstić information content (AvgIpc) is 4.14. The lowest BCUT2D eigenvalue weighted by Gasteiger charge is -2.31. The molecule has 8 atom stereocenters. The van der Waals surface area contributed by atoms with Crippen molar-refractivity contribution in [2.45, 2.75) is 128 Å². The molecule has 4 N–H and O–H groups in total. The summed E-state index contributed by atoms with van der Waals surface area (Å²) >= 11 is 3.14. The van der Waals surface area contributed by atoms with Gasteiger partial charge in [0.1, 0.15) is 10.0 Å². The quantitative estimate of drug-likeness (QED) is 0.149. The Morgan fingerprint density at radius 3 is 1.42 bits per heavy atom. The van der Waals surface area contributed by atoms with E-state index in [4.69, 9.17) is 0 Å². The number of aliphatic hydroxyl groups excluding tert-OH is 2. The molecule has 6 aliphatic rings. The van der Waals surface area contributed by atoms with Gasteiger partial charge in [0, 0.05) is 108 Å². The lowest BCUT2D eigenvalue weighted by molar-refractivity contribution is -0.129. The largest absolute Gasteiger partial charge is 0.396 e. The summed E-state index contributed by atoms with van der Waals surface area (Å²) in [5, 5.41) is 33.1. The number of carbonyl (C=O) groups is 2. The molecule has 2 amide bonds. The van der Waals surface area contributed by atoms with Gasteiger partial charge in [0.2, 0.25) is 11.8 Å². The summed E-state index contributed by atoms with van der Waals surface area (Å²) < 4.78 is 3.68. The Morgan fingerprint density at radius 2 is 1.08 bits per heavy atom. The second-order valence-electron chi connectivity index (χ2n) is 18.2. The van der Waals surface area contributed by atoms with Crippen LogP contribution in [0.1, 0.15) is 110 Å². The second-order valence-corrected chi connectivity index (χ2v) is 20.2. The first-order valence-corrected chi connectivity index (χ1v) is 24.8. The molecule has 0 unspecified atom stereocenters. The molecule has 10 rings (SSSR count). The number of thiazole rings is 2. The number of hydrogen-bond acceptors (Lipinski definition) is 12. The molecule has 0 bridgehead atoms. The zero-order valence-corrected chi connectivity index (χ0v) is 38.3. The van der Waals surface area contributed by atoms with Gasteiger partial charge in [-0.1, -0.05) is 50.0 Å². The van der Waals surface area contributed by atoms with Gasteiger partial charge in [-0.3, -0.25) is 29.0 Å². The number of aromatic nitrogens is 4. The van der Waals surface area contributed by atoms with Crippen molar-refractivity contribution in [2.75, 3.05) is 13.2 Å². The molecule has 4 aromatic rings. The molecule has 4 fully saturated rings. The second kappa shape index (κ2) is 19.5. The van der Waals surface area contributed by atoms with E-state index in [2.05, 4.69) is 30.4 Å². The summed E-state index contributed by atoms with van der Waals surface area (Å²) in [5.41, 5.74) is 3.18. The summed E-state index contributed by atoms with van der Waals surface area (Å²) in [6.45, 7) is 5.75. The van der Waals surface area contributed by atoms with Crippen molar-refractivity contribution >= 4 is 46.6 Å². The van der Waals surface area contributed by atoms with Crippen LogP contribution in [-0.4, -0.2) is 88.3 Å². The molecule has 0 aromatic carbocycles. The molecule has 2 saturated carbocycles. The number of pyridine rings is 2. The summed E-state index contributed by atoms with van der Waals surface area (Å²) in [6, 6.07) is 7.17. The van der Waals surface area contributed by atoms with E-state index in [0.29, 0.717) is 37.3 Å². The molecular formula is C48H60N8O6S2. The predicted octanol–water partition coefficient (Wildman–Crippen LogP) is 5.12. The third kappa shape index (κ3) is 8.41. The molecule has 8 heterocycles. The van der Waals surface area contributed by atoms with Crippen LogP contribution in [-0.2, 0) is 35.8 Å². The van der Waals surface area contributed by atoms with Crippen LogP contribution in [0.15, 0.2) is 69.2 Å². The van der Waals surface area contributed by atoms with Gasteiger partial charge in [-0.2, -0.15) is 0 Å². The van der Waals surface area contributed by atoms with Gasteiger partial charge in [-0.25, -0.2) is 9.97 Å². The van der Waals surface area contributed by atoms with Gasteiger partial charge in [0.05, 0.1) is 37.3 Å². The molecule has 4 aliphatic heterocycles. The van der Waals surface area contributed by atoms with Gasteiger partial charge >= 0.3 is 0 Å². The number of nitrogens with one attached hydrogen (secondary N) is 2. The Bertz CT molecular complexity index is 2290. The van der Waals surface area contributed by atoms with Crippen molar-refractivity contribution in [3.05, 3.63) is 113 Å². The molecule has 0 spiro atoms. The first-order valence-electron chi connectivity index (χ1n) is 23.1. The lowest BCUT2D eigenvalue weighted by Crippen LogP contribution is -2.50. The SMILES string of the molecule is C/C=C/c1ccc2n(c1=O)C[C@@H]1[C@@H](CO)[C@H](C(=O)NC3CCCC3)N(Cc3nccs3)[C@H]21.C/C=C\c1ccc2n(c1=O)C[C@@H]1[C@@H](CO)[C@H](C(=O)NC3CCCC3)N(Cc3nccs3)[C@H]21. The van der Waals surface area contributed by atoms with Crippen LogP contribution >= 0.6 is 22.7 Å². The highest BCUT2D eigenvalue weighted by molar-refractivity contribution is 7.09. The summed E-state index contributed by atoms with van der Waals surface area (Å²) in [7, 11) is 0. The standard InChI is InChI=1S/2C24H30N4O3S/c2*1-2-5-15-8-9-19-21-17(12-27(19)24(15)31)18(14-29)22(23(30)26-16-6-3-4-7-16)28(21)13-20-25-10-11-32-20/h2*2,5,8-11,16-18,21-22,29H,3-4,6-7,12-14H2,1H3,(H,26,30)/b5-2+;5-2-/t2*17-,18-,21+,22-/m11/s1. The van der Waals surface area contributed by atoms with Gasteiger partial charge in [0.15, 0.2) is 0 Å². The minimum absolute atomic E-state index is 0.00124. The van der Waals surface area contributed by atoms with E-state index in [0.717, 1.165) is 72.8 Å².